The molecule has 2 heterocycles. The van der Waals surface area contributed by atoms with E-state index >= 15 is 0 Å². The molecule has 0 amide bonds. The van der Waals surface area contributed by atoms with E-state index in [9.17, 15) is 10.2 Å². The maximum absolute atomic E-state index is 10.0. The fraction of sp³-hybridized carbons (Fsp3) is 0.310. The molecule has 2 aliphatic heterocycles. The van der Waals surface area contributed by atoms with Crippen molar-refractivity contribution >= 4 is 11.1 Å². The molecule has 2 N–H and O–H groups in total. The Hall–Kier alpha value is -3.24. The molecule has 170 valence electrons. The van der Waals surface area contributed by atoms with E-state index in [-0.39, 0.29) is 17.6 Å². The average molecular weight is 444 g/mol. The molecule has 3 aromatic carbocycles. The third-order valence-electron chi connectivity index (χ3n) is 6.60. The van der Waals surface area contributed by atoms with Gasteiger partial charge >= 0.3 is 0 Å². The van der Waals surface area contributed by atoms with Crippen LogP contribution in [-0.4, -0.2) is 34.7 Å². The minimum Gasteiger partial charge on any atom is -0.508 e. The minimum atomic E-state index is -1.21. The molecular formula is C29H31NO3. The van der Waals surface area contributed by atoms with Gasteiger partial charge in [0.05, 0.1) is 0 Å². The van der Waals surface area contributed by atoms with Crippen LogP contribution in [0.25, 0.3) is 11.1 Å². The predicted molar refractivity (Wildman–Crippen MR) is 132 cm³/mol. The van der Waals surface area contributed by atoms with E-state index in [4.69, 9.17) is 7.48 Å². The lowest BCUT2D eigenvalue weighted by atomic mass is 9.85. The van der Waals surface area contributed by atoms with Gasteiger partial charge in [-0.05, 0) is 78.7 Å². The Balaban J connectivity index is 1.41. The van der Waals surface area contributed by atoms with Crippen LogP contribution >= 0.6 is 0 Å². The fourth-order valence-corrected chi connectivity index (χ4v) is 4.90. The van der Waals surface area contributed by atoms with Crippen molar-refractivity contribution in [3.05, 3.63) is 89.0 Å². The molecule has 4 nitrogen and oxygen atoms in total. The highest BCUT2D eigenvalue weighted by molar-refractivity contribution is 5.95. The fourth-order valence-electron chi connectivity index (χ4n) is 4.90. The Bertz CT molecular complexity index is 1250. The summed E-state index contributed by atoms with van der Waals surface area (Å²) in [7, 11) is 0. The molecule has 1 fully saturated rings. The molecule has 0 aliphatic carbocycles. The molecule has 3 aromatic rings. The quantitative estimate of drug-likeness (QED) is 0.487. The van der Waals surface area contributed by atoms with Crippen molar-refractivity contribution in [1.82, 2.24) is 4.90 Å². The van der Waals surface area contributed by atoms with Crippen molar-refractivity contribution < 1.29 is 17.7 Å². The standard InChI is InChI=1S/C29H31NO3/c1-3-14-30-17-21(18-30)15-20-4-6-23(7-5-20)29-28(22-8-10-24(31)11-9-22)19(2)26-13-12-25(32)16-27(26)33-29/h4-13,16,21,29,31-32H,3,14-15,17-18H2,1-2H3/i14D2. The minimum absolute atomic E-state index is 0.167. The van der Waals surface area contributed by atoms with Crippen molar-refractivity contribution in [2.24, 2.45) is 5.92 Å². The van der Waals surface area contributed by atoms with Gasteiger partial charge in [-0.2, -0.15) is 0 Å². The summed E-state index contributed by atoms with van der Waals surface area (Å²) >= 11 is 0. The molecule has 33 heavy (non-hydrogen) atoms. The Morgan fingerprint density at radius 3 is 2.36 bits per heavy atom. The van der Waals surface area contributed by atoms with Crippen LogP contribution in [0.3, 0.4) is 0 Å². The zero-order valence-electron chi connectivity index (χ0n) is 21.1. The van der Waals surface area contributed by atoms with Crippen LogP contribution in [-0.2, 0) is 6.42 Å². The predicted octanol–water partition coefficient (Wildman–Crippen LogP) is 6.05. The molecule has 1 unspecified atom stereocenters. The lowest BCUT2D eigenvalue weighted by Crippen LogP contribution is -2.47. The van der Waals surface area contributed by atoms with Gasteiger partial charge in [0.1, 0.15) is 23.4 Å². The van der Waals surface area contributed by atoms with Crippen LogP contribution in [0.5, 0.6) is 17.2 Å². The van der Waals surface area contributed by atoms with Crippen LogP contribution in [0, 0.1) is 5.92 Å². The number of allylic oxidation sites excluding steroid dienone is 1. The first-order valence-electron chi connectivity index (χ1n) is 12.6. The highest BCUT2D eigenvalue weighted by atomic mass is 16.5. The number of phenols is 2. The average Bonchev–Trinajstić information content (AvgIpc) is 2.82. The number of nitrogens with zero attached hydrogens (tertiary/aromatic N) is 1. The van der Waals surface area contributed by atoms with Gasteiger partial charge < -0.3 is 19.8 Å². The van der Waals surface area contributed by atoms with Gasteiger partial charge in [0.2, 0.25) is 0 Å². The van der Waals surface area contributed by atoms with Gasteiger partial charge in [0, 0.05) is 33.0 Å². The summed E-state index contributed by atoms with van der Waals surface area (Å²) in [5.41, 5.74) is 6.28. The molecule has 1 saturated heterocycles. The van der Waals surface area contributed by atoms with Crippen molar-refractivity contribution in [2.45, 2.75) is 32.8 Å². The number of benzene rings is 3. The number of rotatable bonds is 6. The van der Waals surface area contributed by atoms with E-state index in [0.717, 1.165) is 47.3 Å². The molecule has 0 radical (unpaired) electrons. The number of aromatic hydroxyl groups is 2. The van der Waals surface area contributed by atoms with Crippen molar-refractivity contribution in [2.75, 3.05) is 19.6 Å². The summed E-state index contributed by atoms with van der Waals surface area (Å²) in [4.78, 5) is 1.92. The SMILES string of the molecule is [2H]C([2H])(CC)N1CC(Cc2ccc(C3Oc4cc(O)ccc4C(C)=C3c3ccc(O)cc3)cc2)C1. The molecule has 4 heteroatoms. The Kier molecular flexibility index (Phi) is 5.22. The molecule has 1 atom stereocenters. The van der Waals surface area contributed by atoms with Crippen LogP contribution < -0.4 is 4.74 Å². The van der Waals surface area contributed by atoms with Gasteiger partial charge in [0.15, 0.2) is 0 Å². The number of likely N-dealkylation sites (tertiary alicyclic amines) is 1. The second kappa shape index (κ2) is 8.95. The monoisotopic (exact) mass is 443 g/mol. The second-order valence-corrected chi connectivity index (χ2v) is 8.99. The van der Waals surface area contributed by atoms with Crippen molar-refractivity contribution in [3.63, 3.8) is 0 Å². The molecular weight excluding hydrogens is 410 g/mol. The number of ether oxygens (including phenoxy) is 1. The summed E-state index contributed by atoms with van der Waals surface area (Å²) < 4.78 is 22.6. The molecule has 0 spiro atoms. The molecule has 5 rings (SSSR count). The van der Waals surface area contributed by atoms with E-state index in [1.807, 2.05) is 30.0 Å². The van der Waals surface area contributed by atoms with Crippen LogP contribution in [0.15, 0.2) is 66.7 Å². The van der Waals surface area contributed by atoms with Crippen molar-refractivity contribution in [1.29, 1.82) is 0 Å². The number of hydrogen-bond donors (Lipinski definition) is 2. The molecule has 0 aromatic heterocycles. The van der Waals surface area contributed by atoms with Gasteiger partial charge in [-0.25, -0.2) is 0 Å². The highest BCUT2D eigenvalue weighted by Gasteiger charge is 2.30. The summed E-state index contributed by atoms with van der Waals surface area (Å²) in [6.07, 6.45) is 1.09. The Labute approximate surface area is 198 Å². The maximum atomic E-state index is 10.0. The van der Waals surface area contributed by atoms with E-state index < -0.39 is 6.50 Å². The summed E-state index contributed by atoms with van der Waals surface area (Å²) in [5, 5.41) is 19.8. The van der Waals surface area contributed by atoms with Crippen LogP contribution in [0.1, 0.15) is 51.4 Å². The van der Waals surface area contributed by atoms with E-state index in [2.05, 4.69) is 31.2 Å². The van der Waals surface area contributed by atoms with Gasteiger partial charge in [-0.15, -0.1) is 0 Å². The summed E-state index contributed by atoms with van der Waals surface area (Å²) in [6.45, 7) is 4.34. The second-order valence-electron chi connectivity index (χ2n) is 8.99. The van der Waals surface area contributed by atoms with Gasteiger partial charge in [0.25, 0.3) is 0 Å². The first kappa shape index (κ1) is 19.2. The first-order valence-corrected chi connectivity index (χ1v) is 11.6. The Morgan fingerprint density at radius 2 is 1.67 bits per heavy atom. The zero-order chi connectivity index (χ0) is 24.7. The third-order valence-corrected chi connectivity index (χ3v) is 6.60. The van der Waals surface area contributed by atoms with E-state index in [1.165, 1.54) is 5.56 Å². The van der Waals surface area contributed by atoms with Gasteiger partial charge in [-0.3, -0.25) is 0 Å². The normalized spacial score (nSPS) is 19.9. The lowest BCUT2D eigenvalue weighted by molar-refractivity contribution is 0.101. The number of hydrogen-bond acceptors (Lipinski definition) is 4. The third kappa shape index (κ3) is 4.36. The Morgan fingerprint density at radius 1 is 0.970 bits per heavy atom. The number of fused-ring (bicyclic) bond motifs is 1. The topological polar surface area (TPSA) is 52.9 Å². The summed E-state index contributed by atoms with van der Waals surface area (Å²) in [6, 6.07) is 20.9. The van der Waals surface area contributed by atoms with Crippen LogP contribution in [0.2, 0.25) is 0 Å². The molecule has 0 bridgehead atoms. The van der Waals surface area contributed by atoms with Crippen LogP contribution in [0.4, 0.5) is 0 Å². The van der Waals surface area contributed by atoms with E-state index in [1.54, 1.807) is 24.3 Å². The first-order chi connectivity index (χ1) is 16.7. The molecule has 0 saturated carbocycles. The zero-order valence-corrected chi connectivity index (χ0v) is 19.1. The lowest BCUT2D eigenvalue weighted by Gasteiger charge is -2.39. The number of phenolic OH excluding ortho intramolecular Hbond substituents is 2. The van der Waals surface area contributed by atoms with E-state index in [0.29, 0.717) is 18.1 Å². The molecule has 2 aliphatic rings. The highest BCUT2D eigenvalue weighted by Crippen LogP contribution is 2.47. The maximum Gasteiger partial charge on any atom is 0.150 e. The largest absolute Gasteiger partial charge is 0.508 e. The van der Waals surface area contributed by atoms with Gasteiger partial charge in [-0.1, -0.05) is 43.3 Å². The van der Waals surface area contributed by atoms with Crippen molar-refractivity contribution in [3.8, 4) is 17.2 Å². The summed E-state index contributed by atoms with van der Waals surface area (Å²) in [5.74, 6) is 1.51. The smallest absolute Gasteiger partial charge is 0.150 e.